The van der Waals surface area contributed by atoms with E-state index in [-0.39, 0.29) is 22.8 Å². The number of imidazole rings is 1. The van der Waals surface area contributed by atoms with Crippen LogP contribution in [0.3, 0.4) is 0 Å². The van der Waals surface area contributed by atoms with Crippen molar-refractivity contribution in [3.05, 3.63) is 16.7 Å². The molecular weight excluding hydrogens is 298 g/mol. The van der Waals surface area contributed by atoms with Gasteiger partial charge in [-0.2, -0.15) is 0 Å². The molecule has 2 heterocycles. The second-order valence-corrected chi connectivity index (χ2v) is 6.66. The van der Waals surface area contributed by atoms with Crippen LogP contribution in [0.15, 0.2) is 16.6 Å². The van der Waals surface area contributed by atoms with Crippen molar-refractivity contribution in [2.24, 2.45) is 0 Å². The van der Waals surface area contributed by atoms with E-state index < -0.39 is 10.0 Å². The molecule has 0 aliphatic heterocycles. The molecule has 0 aliphatic carbocycles. The van der Waals surface area contributed by atoms with Gasteiger partial charge in [0.25, 0.3) is 10.0 Å². The molecule has 2 aromatic rings. The molecule has 0 aromatic carbocycles. The third kappa shape index (κ3) is 2.52. The zero-order valence-corrected chi connectivity index (χ0v) is 11.9. The van der Waals surface area contributed by atoms with Crippen LogP contribution in [-0.2, 0) is 10.0 Å². The Bertz CT molecular complexity index is 649. The molecule has 0 bridgehead atoms. The fourth-order valence-electron chi connectivity index (χ4n) is 1.55. The minimum Gasteiger partial charge on any atom is -0.396 e. The van der Waals surface area contributed by atoms with E-state index in [1.807, 2.05) is 0 Å². The van der Waals surface area contributed by atoms with E-state index >= 15 is 0 Å². The van der Waals surface area contributed by atoms with Gasteiger partial charge in [-0.25, -0.2) is 18.1 Å². The molecule has 2 N–H and O–H groups in total. The van der Waals surface area contributed by atoms with Gasteiger partial charge in [-0.05, 0) is 13.3 Å². The quantitative estimate of drug-likeness (QED) is 0.866. The maximum atomic E-state index is 12.2. The van der Waals surface area contributed by atoms with Gasteiger partial charge in [0.2, 0.25) is 0 Å². The summed E-state index contributed by atoms with van der Waals surface area (Å²) in [5.74, 6) is 0. The zero-order chi connectivity index (χ0) is 13.3. The molecule has 0 spiro atoms. The average molecular weight is 310 g/mol. The van der Waals surface area contributed by atoms with E-state index in [2.05, 4.69) is 9.71 Å². The Balaban J connectivity index is 2.40. The molecule has 0 saturated carbocycles. The summed E-state index contributed by atoms with van der Waals surface area (Å²) >= 11 is 7.16. The van der Waals surface area contributed by atoms with Crippen LogP contribution in [0.2, 0.25) is 5.15 Å². The van der Waals surface area contributed by atoms with Crippen LogP contribution in [-0.4, -0.2) is 35.6 Å². The van der Waals surface area contributed by atoms with Crippen molar-refractivity contribution in [1.29, 1.82) is 0 Å². The molecule has 1 atom stereocenters. The third-order valence-electron chi connectivity index (χ3n) is 2.35. The van der Waals surface area contributed by atoms with Crippen molar-refractivity contribution in [1.82, 2.24) is 14.1 Å². The number of hydrogen-bond acceptors (Lipinski definition) is 5. The van der Waals surface area contributed by atoms with Crippen LogP contribution in [0.5, 0.6) is 0 Å². The van der Waals surface area contributed by atoms with Crippen molar-refractivity contribution in [2.75, 3.05) is 6.61 Å². The lowest BCUT2D eigenvalue weighted by Crippen LogP contribution is -2.34. The highest BCUT2D eigenvalue weighted by Crippen LogP contribution is 2.25. The molecule has 9 heteroatoms. The number of hydrogen-bond donors (Lipinski definition) is 2. The lowest BCUT2D eigenvalue weighted by molar-refractivity contribution is 0.275. The molecule has 1 unspecified atom stereocenters. The second kappa shape index (κ2) is 5.14. The average Bonchev–Trinajstić information content (AvgIpc) is 2.75. The van der Waals surface area contributed by atoms with Crippen LogP contribution >= 0.6 is 22.9 Å². The van der Waals surface area contributed by atoms with Crippen molar-refractivity contribution < 1.29 is 13.5 Å². The molecule has 0 radical (unpaired) electrons. The number of nitrogens with one attached hydrogen (secondary N) is 1. The number of halogens is 1. The SMILES string of the molecule is CC(CCO)NS(=O)(=O)c1c(Cl)nc2sccn12. The fourth-order valence-corrected chi connectivity index (χ4v) is 4.28. The van der Waals surface area contributed by atoms with Crippen LogP contribution in [0.25, 0.3) is 4.96 Å². The van der Waals surface area contributed by atoms with E-state index in [0.717, 1.165) is 0 Å². The van der Waals surface area contributed by atoms with Gasteiger partial charge in [-0.1, -0.05) is 11.6 Å². The predicted molar refractivity (Wildman–Crippen MR) is 69.6 cm³/mol. The van der Waals surface area contributed by atoms with Gasteiger partial charge >= 0.3 is 0 Å². The summed E-state index contributed by atoms with van der Waals surface area (Å²) < 4.78 is 28.2. The molecule has 2 aromatic heterocycles. The smallest absolute Gasteiger partial charge is 0.260 e. The van der Waals surface area contributed by atoms with Gasteiger partial charge in [0.15, 0.2) is 15.1 Å². The van der Waals surface area contributed by atoms with E-state index in [1.54, 1.807) is 18.5 Å². The Morgan fingerprint density at radius 2 is 2.39 bits per heavy atom. The van der Waals surface area contributed by atoms with Gasteiger partial charge in [0.05, 0.1) is 0 Å². The summed E-state index contributed by atoms with van der Waals surface area (Å²) in [6, 6.07) is -0.375. The van der Waals surface area contributed by atoms with E-state index in [1.165, 1.54) is 15.7 Å². The molecule has 18 heavy (non-hydrogen) atoms. The summed E-state index contributed by atoms with van der Waals surface area (Å²) in [5.41, 5.74) is 0. The minimum absolute atomic E-state index is 0.0504. The highest BCUT2D eigenvalue weighted by molar-refractivity contribution is 7.89. The summed E-state index contributed by atoms with van der Waals surface area (Å²) in [6.45, 7) is 1.59. The minimum atomic E-state index is -3.75. The highest BCUT2D eigenvalue weighted by Gasteiger charge is 2.26. The predicted octanol–water partition coefficient (Wildman–Crippen LogP) is 1.10. The number of sulfonamides is 1. The molecule has 2 rings (SSSR count). The lowest BCUT2D eigenvalue weighted by atomic mass is 10.3. The molecule has 6 nitrogen and oxygen atoms in total. The van der Waals surface area contributed by atoms with Crippen LogP contribution in [0.4, 0.5) is 0 Å². The van der Waals surface area contributed by atoms with Crippen LogP contribution in [0.1, 0.15) is 13.3 Å². The molecule has 0 aliphatic rings. The van der Waals surface area contributed by atoms with Gasteiger partial charge in [0.1, 0.15) is 0 Å². The van der Waals surface area contributed by atoms with E-state index in [9.17, 15) is 8.42 Å². The number of aliphatic hydroxyl groups excluding tert-OH is 1. The topological polar surface area (TPSA) is 83.7 Å². The first-order valence-electron chi connectivity index (χ1n) is 5.20. The van der Waals surface area contributed by atoms with E-state index in [0.29, 0.717) is 11.4 Å². The first kappa shape index (κ1) is 13.8. The summed E-state index contributed by atoms with van der Waals surface area (Å²) in [5, 5.41) is 10.4. The van der Waals surface area contributed by atoms with Crippen molar-refractivity contribution in [3.8, 4) is 0 Å². The largest absolute Gasteiger partial charge is 0.396 e. The molecular formula is C9H12ClN3O3S2. The van der Waals surface area contributed by atoms with Gasteiger partial charge in [0, 0.05) is 24.2 Å². The summed E-state index contributed by atoms with van der Waals surface area (Å²) in [4.78, 5) is 4.49. The molecule has 100 valence electrons. The Kier molecular flexibility index (Phi) is 3.93. The van der Waals surface area contributed by atoms with Crippen LogP contribution in [0, 0.1) is 0 Å². The molecule has 0 amide bonds. The number of aromatic nitrogens is 2. The second-order valence-electron chi connectivity index (χ2n) is 3.80. The first-order valence-corrected chi connectivity index (χ1v) is 7.94. The van der Waals surface area contributed by atoms with Gasteiger partial charge in [-0.3, -0.25) is 4.40 Å². The Morgan fingerprint density at radius 3 is 3.06 bits per heavy atom. The first-order chi connectivity index (χ1) is 8.45. The number of aliphatic hydroxyl groups is 1. The number of rotatable bonds is 5. The van der Waals surface area contributed by atoms with Crippen LogP contribution < -0.4 is 4.72 Å². The van der Waals surface area contributed by atoms with Crippen molar-refractivity contribution >= 4 is 37.9 Å². The standard InChI is InChI=1S/C9H12ClN3O3S2/c1-6(2-4-14)12-18(15,16)8-7(10)11-9-13(8)3-5-17-9/h3,5-6,12,14H,2,4H2,1H3. The Hall–Kier alpha value is -0.670. The van der Waals surface area contributed by atoms with Crippen molar-refractivity contribution in [3.63, 3.8) is 0 Å². The highest BCUT2D eigenvalue weighted by atomic mass is 35.5. The van der Waals surface area contributed by atoms with Gasteiger partial charge in [-0.15, -0.1) is 11.3 Å². The Labute approximate surface area is 113 Å². The molecule has 0 saturated heterocycles. The monoisotopic (exact) mass is 309 g/mol. The van der Waals surface area contributed by atoms with E-state index in [4.69, 9.17) is 16.7 Å². The number of nitrogens with zero attached hydrogens (tertiary/aromatic N) is 2. The summed E-state index contributed by atoms with van der Waals surface area (Å²) in [7, 11) is -3.75. The Morgan fingerprint density at radius 1 is 1.67 bits per heavy atom. The number of fused-ring (bicyclic) bond motifs is 1. The molecule has 0 fully saturated rings. The number of thiazole rings is 1. The fraction of sp³-hybridized carbons (Fsp3) is 0.444. The lowest BCUT2D eigenvalue weighted by Gasteiger charge is -2.12. The summed E-state index contributed by atoms with van der Waals surface area (Å²) in [6.07, 6.45) is 1.94. The maximum Gasteiger partial charge on any atom is 0.260 e. The van der Waals surface area contributed by atoms with Crippen molar-refractivity contribution in [2.45, 2.75) is 24.4 Å². The normalized spacial score (nSPS) is 14.2. The van der Waals surface area contributed by atoms with Gasteiger partial charge < -0.3 is 5.11 Å². The maximum absolute atomic E-state index is 12.2. The zero-order valence-electron chi connectivity index (χ0n) is 9.50. The third-order valence-corrected chi connectivity index (χ3v) is 5.10.